The molecule has 4 N–H and O–H groups in total. The number of rotatable bonds is 4. The maximum atomic E-state index is 11.6. The molecule has 1 aliphatic rings. The largest absolute Gasteiger partial charge is 0.338 e. The van der Waals surface area contributed by atoms with E-state index in [0.717, 1.165) is 19.4 Å². The van der Waals surface area contributed by atoms with Crippen LogP contribution in [0.1, 0.15) is 26.7 Å². The predicted molar refractivity (Wildman–Crippen MR) is 70.0 cm³/mol. The molecule has 2 atom stereocenters. The average Bonchev–Trinajstić information content (AvgIpc) is 2.31. The zero-order chi connectivity index (χ0) is 13.5. The number of imide groups is 1. The van der Waals surface area contributed by atoms with Crippen LogP contribution < -0.4 is 16.4 Å². The minimum atomic E-state index is -0.420. The van der Waals surface area contributed by atoms with E-state index in [4.69, 9.17) is 5.73 Å². The first-order valence-corrected chi connectivity index (χ1v) is 6.58. The van der Waals surface area contributed by atoms with Crippen molar-refractivity contribution in [1.29, 1.82) is 0 Å². The third-order valence-electron chi connectivity index (χ3n) is 3.26. The van der Waals surface area contributed by atoms with Gasteiger partial charge in [0.15, 0.2) is 0 Å². The number of hydrogen-bond acceptors (Lipinski definition) is 4. The second-order valence-corrected chi connectivity index (χ2v) is 4.97. The number of likely N-dealkylation sites (tertiary alicyclic amines) is 1. The summed E-state index contributed by atoms with van der Waals surface area (Å²) in [5, 5.41) is 4.92. The Hall–Kier alpha value is -1.14. The molecule has 104 valence electrons. The smallest absolute Gasteiger partial charge is 0.321 e. The van der Waals surface area contributed by atoms with Crippen LogP contribution in [0.15, 0.2) is 0 Å². The fourth-order valence-corrected chi connectivity index (χ4v) is 1.97. The summed E-state index contributed by atoms with van der Waals surface area (Å²) in [6, 6.07) is -0.308. The van der Waals surface area contributed by atoms with Crippen LogP contribution in [0.2, 0.25) is 0 Å². The lowest BCUT2D eigenvalue weighted by Crippen LogP contribution is -2.51. The van der Waals surface area contributed by atoms with Crippen LogP contribution in [0.4, 0.5) is 4.79 Å². The van der Waals surface area contributed by atoms with Gasteiger partial charge in [0.25, 0.3) is 0 Å². The van der Waals surface area contributed by atoms with E-state index < -0.39 is 6.03 Å². The summed E-state index contributed by atoms with van der Waals surface area (Å²) in [6.45, 7) is 6.47. The highest BCUT2D eigenvalue weighted by Crippen LogP contribution is 2.14. The summed E-state index contributed by atoms with van der Waals surface area (Å²) in [5.41, 5.74) is 5.96. The fraction of sp³-hybridized carbons (Fsp3) is 0.833. The first-order chi connectivity index (χ1) is 8.52. The van der Waals surface area contributed by atoms with Gasteiger partial charge in [-0.15, -0.1) is 0 Å². The van der Waals surface area contributed by atoms with Gasteiger partial charge in [-0.05, 0) is 25.3 Å². The third-order valence-corrected chi connectivity index (χ3v) is 3.26. The number of piperidine rings is 1. The normalized spacial score (nSPS) is 24.6. The topological polar surface area (TPSA) is 87.5 Å². The molecule has 0 aromatic heterocycles. The standard InChI is InChI=1S/C12H24N4O2/c1-3-5-14-12(18)15-11(17)8-16-6-4-9(2)10(13)7-16/h9-10H,3-8,13H2,1-2H3,(H2,14,15,17,18). The number of nitrogens with two attached hydrogens (primary N) is 1. The number of hydrogen-bond donors (Lipinski definition) is 3. The maximum Gasteiger partial charge on any atom is 0.321 e. The Balaban J connectivity index is 2.26. The van der Waals surface area contributed by atoms with Gasteiger partial charge in [0.2, 0.25) is 5.91 Å². The van der Waals surface area contributed by atoms with Gasteiger partial charge in [0, 0.05) is 19.1 Å². The molecule has 0 spiro atoms. The molecule has 1 aliphatic heterocycles. The molecule has 0 bridgehead atoms. The SMILES string of the molecule is CCCNC(=O)NC(=O)CN1CCC(C)C(N)C1. The molecule has 0 aromatic carbocycles. The van der Waals surface area contributed by atoms with E-state index in [0.29, 0.717) is 19.0 Å². The lowest BCUT2D eigenvalue weighted by atomic mass is 9.94. The van der Waals surface area contributed by atoms with Gasteiger partial charge < -0.3 is 11.1 Å². The summed E-state index contributed by atoms with van der Waals surface area (Å²) < 4.78 is 0. The number of urea groups is 1. The molecule has 6 heteroatoms. The highest BCUT2D eigenvalue weighted by atomic mass is 16.2. The van der Waals surface area contributed by atoms with Gasteiger partial charge in [-0.2, -0.15) is 0 Å². The van der Waals surface area contributed by atoms with Crippen molar-refractivity contribution in [3.05, 3.63) is 0 Å². The Bertz CT molecular complexity index is 296. The molecule has 3 amide bonds. The molecular weight excluding hydrogens is 232 g/mol. The van der Waals surface area contributed by atoms with Crippen molar-refractivity contribution in [2.24, 2.45) is 11.7 Å². The highest BCUT2D eigenvalue weighted by molar-refractivity contribution is 5.95. The van der Waals surface area contributed by atoms with E-state index >= 15 is 0 Å². The van der Waals surface area contributed by atoms with Crippen LogP contribution in [0.5, 0.6) is 0 Å². The molecule has 1 fully saturated rings. The molecule has 2 unspecified atom stereocenters. The van der Waals surface area contributed by atoms with Crippen molar-refractivity contribution < 1.29 is 9.59 Å². The van der Waals surface area contributed by atoms with Crippen LogP contribution in [-0.2, 0) is 4.79 Å². The van der Waals surface area contributed by atoms with E-state index in [9.17, 15) is 9.59 Å². The quantitative estimate of drug-likeness (QED) is 0.655. The average molecular weight is 256 g/mol. The zero-order valence-electron chi connectivity index (χ0n) is 11.2. The highest BCUT2D eigenvalue weighted by Gasteiger charge is 2.24. The van der Waals surface area contributed by atoms with E-state index in [1.54, 1.807) is 0 Å². The van der Waals surface area contributed by atoms with Gasteiger partial charge in [0.05, 0.1) is 6.54 Å². The van der Waals surface area contributed by atoms with Crippen molar-refractivity contribution in [3.8, 4) is 0 Å². The summed E-state index contributed by atoms with van der Waals surface area (Å²) in [5.74, 6) is 0.225. The predicted octanol–water partition coefficient (Wildman–Crippen LogP) is -0.109. The molecule has 6 nitrogen and oxygen atoms in total. The van der Waals surface area contributed by atoms with Crippen molar-refractivity contribution in [3.63, 3.8) is 0 Å². The van der Waals surface area contributed by atoms with Crippen molar-refractivity contribution >= 4 is 11.9 Å². The van der Waals surface area contributed by atoms with Crippen LogP contribution in [-0.4, -0.2) is 49.1 Å². The number of carbonyl (C=O) groups is 2. The summed E-state index contributed by atoms with van der Waals surface area (Å²) in [6.07, 6.45) is 1.84. The molecule has 1 heterocycles. The van der Waals surface area contributed by atoms with Gasteiger partial charge in [-0.25, -0.2) is 4.79 Å². The molecule has 0 radical (unpaired) electrons. The molecule has 1 rings (SSSR count). The first kappa shape index (κ1) is 14.9. The Labute approximate surface area is 108 Å². The van der Waals surface area contributed by atoms with Gasteiger partial charge in [-0.3, -0.25) is 15.0 Å². The fourth-order valence-electron chi connectivity index (χ4n) is 1.97. The second kappa shape index (κ2) is 7.33. The minimum absolute atomic E-state index is 0.112. The summed E-state index contributed by atoms with van der Waals surface area (Å²) in [7, 11) is 0. The van der Waals surface area contributed by atoms with Gasteiger partial charge >= 0.3 is 6.03 Å². The van der Waals surface area contributed by atoms with Crippen LogP contribution in [0.3, 0.4) is 0 Å². The van der Waals surface area contributed by atoms with Crippen LogP contribution in [0.25, 0.3) is 0 Å². The summed E-state index contributed by atoms with van der Waals surface area (Å²) >= 11 is 0. The number of nitrogens with zero attached hydrogens (tertiary/aromatic N) is 1. The molecule has 0 aromatic rings. The monoisotopic (exact) mass is 256 g/mol. The molecule has 0 aliphatic carbocycles. The van der Waals surface area contributed by atoms with E-state index in [1.165, 1.54) is 0 Å². The van der Waals surface area contributed by atoms with Crippen LogP contribution in [0, 0.1) is 5.92 Å². The van der Waals surface area contributed by atoms with Crippen molar-refractivity contribution in [2.75, 3.05) is 26.2 Å². The van der Waals surface area contributed by atoms with E-state index in [2.05, 4.69) is 17.6 Å². The second-order valence-electron chi connectivity index (χ2n) is 4.97. The Morgan fingerprint density at radius 3 is 2.78 bits per heavy atom. The van der Waals surface area contributed by atoms with Gasteiger partial charge in [0.1, 0.15) is 0 Å². The maximum absolute atomic E-state index is 11.6. The Morgan fingerprint density at radius 1 is 1.44 bits per heavy atom. The summed E-state index contributed by atoms with van der Waals surface area (Å²) in [4.78, 5) is 24.9. The first-order valence-electron chi connectivity index (χ1n) is 6.58. The minimum Gasteiger partial charge on any atom is -0.338 e. The Kier molecular flexibility index (Phi) is 6.07. The molecular formula is C12H24N4O2. The number of nitrogens with one attached hydrogen (secondary N) is 2. The molecule has 18 heavy (non-hydrogen) atoms. The Morgan fingerprint density at radius 2 is 2.17 bits per heavy atom. The lowest BCUT2D eigenvalue weighted by molar-refractivity contribution is -0.121. The van der Waals surface area contributed by atoms with Crippen LogP contribution >= 0.6 is 0 Å². The third kappa shape index (κ3) is 5.01. The van der Waals surface area contributed by atoms with Crippen molar-refractivity contribution in [1.82, 2.24) is 15.5 Å². The zero-order valence-corrected chi connectivity index (χ0v) is 11.2. The molecule has 0 saturated carbocycles. The van der Waals surface area contributed by atoms with Gasteiger partial charge in [-0.1, -0.05) is 13.8 Å². The van der Waals surface area contributed by atoms with Crippen molar-refractivity contribution in [2.45, 2.75) is 32.7 Å². The number of carbonyl (C=O) groups excluding carboxylic acids is 2. The van der Waals surface area contributed by atoms with E-state index in [1.807, 2.05) is 11.8 Å². The van der Waals surface area contributed by atoms with E-state index in [-0.39, 0.29) is 18.5 Å². The molecule has 1 saturated heterocycles. The number of amides is 3. The lowest BCUT2D eigenvalue weighted by Gasteiger charge is -2.34.